The number of hydrogen-bond donors (Lipinski definition) is 1. The van der Waals surface area contributed by atoms with Gasteiger partial charge in [-0.2, -0.15) is 0 Å². The average molecular weight is 264 g/mol. The Morgan fingerprint density at radius 1 is 1.26 bits per heavy atom. The Morgan fingerprint density at radius 2 is 2.00 bits per heavy atom. The number of aromatic nitrogens is 1. The summed E-state index contributed by atoms with van der Waals surface area (Å²) in [5, 5.41) is 0. The molecule has 1 aliphatic carbocycles. The number of rotatable bonds is 4. The third-order valence-corrected chi connectivity index (χ3v) is 4.01. The molecule has 1 saturated carbocycles. The highest BCUT2D eigenvalue weighted by Gasteiger charge is 2.27. The minimum atomic E-state index is -0.309. The summed E-state index contributed by atoms with van der Waals surface area (Å²) in [6.45, 7) is 5.63. The maximum atomic E-state index is 13.2. The van der Waals surface area contributed by atoms with Crippen molar-refractivity contribution in [3.63, 3.8) is 0 Å². The van der Waals surface area contributed by atoms with Gasteiger partial charge in [0.1, 0.15) is 11.6 Å². The minimum Gasteiger partial charge on any atom is -0.354 e. The van der Waals surface area contributed by atoms with Crippen molar-refractivity contribution in [1.29, 1.82) is 0 Å². The van der Waals surface area contributed by atoms with Crippen LogP contribution in [0.5, 0.6) is 0 Å². The summed E-state index contributed by atoms with van der Waals surface area (Å²) in [5.41, 5.74) is 6.49. The summed E-state index contributed by atoms with van der Waals surface area (Å²) in [4.78, 5) is 8.98. The number of anilines is 1. The van der Waals surface area contributed by atoms with E-state index < -0.39 is 0 Å². The molecule has 0 bridgehead atoms. The maximum absolute atomic E-state index is 13.2. The van der Waals surface area contributed by atoms with E-state index in [1.54, 1.807) is 0 Å². The zero-order valence-corrected chi connectivity index (χ0v) is 11.2. The Balaban J connectivity index is 1.63. The molecule has 1 aliphatic heterocycles. The molecule has 0 atom stereocenters. The second kappa shape index (κ2) is 5.43. The molecule has 2 fully saturated rings. The SMILES string of the molecule is NCc1cc(F)cnc1N1CCN(CC2CC2)CC1. The molecule has 3 rings (SSSR count). The highest BCUT2D eigenvalue weighted by Crippen LogP contribution is 2.30. The molecule has 0 aromatic carbocycles. The van der Waals surface area contributed by atoms with Crippen LogP contribution in [-0.4, -0.2) is 42.6 Å². The number of piperazine rings is 1. The van der Waals surface area contributed by atoms with Crippen molar-refractivity contribution in [2.24, 2.45) is 11.7 Å². The van der Waals surface area contributed by atoms with Crippen LogP contribution in [0.25, 0.3) is 0 Å². The van der Waals surface area contributed by atoms with Crippen LogP contribution in [0.4, 0.5) is 10.2 Å². The Labute approximate surface area is 113 Å². The first-order chi connectivity index (χ1) is 9.26. The van der Waals surface area contributed by atoms with Crippen LogP contribution >= 0.6 is 0 Å². The molecule has 1 aromatic rings. The second-order valence-electron chi connectivity index (χ2n) is 5.57. The van der Waals surface area contributed by atoms with Crippen molar-refractivity contribution in [3.05, 3.63) is 23.6 Å². The number of halogens is 1. The number of pyridine rings is 1. The van der Waals surface area contributed by atoms with Crippen LogP contribution in [0.15, 0.2) is 12.3 Å². The molecule has 2 heterocycles. The van der Waals surface area contributed by atoms with Crippen LogP contribution < -0.4 is 10.6 Å². The van der Waals surface area contributed by atoms with E-state index in [9.17, 15) is 4.39 Å². The molecular weight excluding hydrogens is 243 g/mol. The zero-order valence-electron chi connectivity index (χ0n) is 11.2. The third kappa shape index (κ3) is 3.04. The third-order valence-electron chi connectivity index (χ3n) is 4.01. The van der Waals surface area contributed by atoms with Gasteiger partial charge in [-0.15, -0.1) is 0 Å². The lowest BCUT2D eigenvalue weighted by Crippen LogP contribution is -2.47. The van der Waals surface area contributed by atoms with E-state index in [-0.39, 0.29) is 5.82 Å². The fraction of sp³-hybridized carbons (Fsp3) is 0.643. The number of nitrogens with zero attached hydrogens (tertiary/aromatic N) is 3. The lowest BCUT2D eigenvalue weighted by Gasteiger charge is -2.36. The van der Waals surface area contributed by atoms with Crippen molar-refractivity contribution < 1.29 is 4.39 Å². The normalized spacial score (nSPS) is 20.8. The summed E-state index contributed by atoms with van der Waals surface area (Å²) in [7, 11) is 0. The molecule has 1 saturated heterocycles. The average Bonchev–Trinajstić information content (AvgIpc) is 3.24. The van der Waals surface area contributed by atoms with Crippen molar-refractivity contribution in [2.75, 3.05) is 37.6 Å². The summed E-state index contributed by atoms with van der Waals surface area (Å²) < 4.78 is 13.2. The van der Waals surface area contributed by atoms with Gasteiger partial charge in [-0.25, -0.2) is 9.37 Å². The number of nitrogens with two attached hydrogens (primary N) is 1. The monoisotopic (exact) mass is 264 g/mol. The largest absolute Gasteiger partial charge is 0.354 e. The van der Waals surface area contributed by atoms with E-state index >= 15 is 0 Å². The summed E-state index contributed by atoms with van der Waals surface area (Å²) in [5.74, 6) is 1.49. The second-order valence-corrected chi connectivity index (χ2v) is 5.57. The molecule has 1 aromatic heterocycles. The van der Waals surface area contributed by atoms with Gasteiger partial charge in [-0.05, 0) is 24.8 Å². The zero-order chi connectivity index (χ0) is 13.2. The predicted molar refractivity (Wildman–Crippen MR) is 73.5 cm³/mol. The lowest BCUT2D eigenvalue weighted by atomic mass is 10.2. The first kappa shape index (κ1) is 12.8. The highest BCUT2D eigenvalue weighted by molar-refractivity contribution is 5.47. The Bertz CT molecular complexity index is 439. The molecule has 104 valence electrons. The Morgan fingerprint density at radius 3 is 2.63 bits per heavy atom. The fourth-order valence-corrected chi connectivity index (χ4v) is 2.72. The first-order valence-electron chi connectivity index (χ1n) is 7.08. The van der Waals surface area contributed by atoms with Crippen molar-refractivity contribution in [1.82, 2.24) is 9.88 Å². The van der Waals surface area contributed by atoms with Crippen molar-refractivity contribution >= 4 is 5.82 Å². The van der Waals surface area contributed by atoms with Gasteiger partial charge in [0.05, 0.1) is 6.20 Å². The highest BCUT2D eigenvalue weighted by atomic mass is 19.1. The first-order valence-corrected chi connectivity index (χ1v) is 7.08. The molecule has 0 radical (unpaired) electrons. The molecule has 0 spiro atoms. The summed E-state index contributed by atoms with van der Waals surface area (Å²) in [6.07, 6.45) is 4.08. The van der Waals surface area contributed by atoms with Gasteiger partial charge < -0.3 is 10.6 Å². The van der Waals surface area contributed by atoms with E-state index in [0.717, 1.165) is 43.5 Å². The molecule has 2 aliphatic rings. The smallest absolute Gasteiger partial charge is 0.141 e. The summed E-state index contributed by atoms with van der Waals surface area (Å²) >= 11 is 0. The van der Waals surface area contributed by atoms with Crippen LogP contribution in [0, 0.1) is 11.7 Å². The summed E-state index contributed by atoms with van der Waals surface area (Å²) in [6, 6.07) is 1.50. The molecular formula is C14H21FN4. The van der Waals surface area contributed by atoms with Gasteiger partial charge in [0.25, 0.3) is 0 Å². The molecule has 0 amide bonds. The van der Waals surface area contributed by atoms with Crippen LogP contribution in [0.3, 0.4) is 0 Å². The van der Waals surface area contributed by atoms with Gasteiger partial charge in [-0.1, -0.05) is 0 Å². The van der Waals surface area contributed by atoms with Crippen LogP contribution in [0.1, 0.15) is 18.4 Å². The quantitative estimate of drug-likeness (QED) is 0.888. The van der Waals surface area contributed by atoms with E-state index in [1.165, 1.54) is 31.6 Å². The molecule has 0 unspecified atom stereocenters. The fourth-order valence-electron chi connectivity index (χ4n) is 2.72. The predicted octanol–water partition coefficient (Wildman–Crippen LogP) is 1.21. The van der Waals surface area contributed by atoms with Crippen molar-refractivity contribution in [2.45, 2.75) is 19.4 Å². The van der Waals surface area contributed by atoms with E-state index in [1.807, 2.05) is 0 Å². The van der Waals surface area contributed by atoms with Gasteiger partial charge >= 0.3 is 0 Å². The van der Waals surface area contributed by atoms with E-state index in [2.05, 4.69) is 14.8 Å². The standard InChI is InChI=1S/C14H21FN4/c15-13-7-12(8-16)14(17-9-13)19-5-3-18(4-6-19)10-11-1-2-11/h7,9,11H,1-6,8,10,16H2. The van der Waals surface area contributed by atoms with E-state index in [0.29, 0.717) is 6.54 Å². The van der Waals surface area contributed by atoms with Crippen LogP contribution in [-0.2, 0) is 6.54 Å². The van der Waals surface area contributed by atoms with Gasteiger partial charge in [0, 0.05) is 44.8 Å². The lowest BCUT2D eigenvalue weighted by molar-refractivity contribution is 0.247. The molecule has 2 N–H and O–H groups in total. The van der Waals surface area contributed by atoms with Crippen molar-refractivity contribution in [3.8, 4) is 0 Å². The maximum Gasteiger partial charge on any atom is 0.141 e. The van der Waals surface area contributed by atoms with Gasteiger partial charge in [0.15, 0.2) is 0 Å². The Kier molecular flexibility index (Phi) is 3.66. The molecule has 5 heteroatoms. The van der Waals surface area contributed by atoms with Gasteiger partial charge in [-0.3, -0.25) is 4.90 Å². The minimum absolute atomic E-state index is 0.309. The topological polar surface area (TPSA) is 45.4 Å². The molecule has 4 nitrogen and oxygen atoms in total. The number of hydrogen-bond acceptors (Lipinski definition) is 4. The van der Waals surface area contributed by atoms with E-state index in [4.69, 9.17) is 5.73 Å². The van der Waals surface area contributed by atoms with Crippen LogP contribution in [0.2, 0.25) is 0 Å². The molecule has 19 heavy (non-hydrogen) atoms. The van der Waals surface area contributed by atoms with Gasteiger partial charge in [0.2, 0.25) is 0 Å². The Hall–Kier alpha value is -1.20.